The van der Waals surface area contributed by atoms with E-state index in [-0.39, 0.29) is 44.0 Å². The average molecular weight is 428 g/mol. The van der Waals surface area contributed by atoms with Gasteiger partial charge in [-0.2, -0.15) is 0 Å². The minimum absolute atomic E-state index is 0.0702. The number of aromatic nitrogens is 1. The van der Waals surface area contributed by atoms with E-state index < -0.39 is 11.7 Å². The molecule has 0 atom stereocenters. The molecule has 5 nitrogen and oxygen atoms in total. The number of methoxy groups -OCH3 is 1. The van der Waals surface area contributed by atoms with E-state index in [0.29, 0.717) is 6.61 Å². The summed E-state index contributed by atoms with van der Waals surface area (Å²) in [5.41, 5.74) is -0.172. The summed E-state index contributed by atoms with van der Waals surface area (Å²) in [4.78, 5) is 16.2. The van der Waals surface area contributed by atoms with Crippen molar-refractivity contribution >= 4 is 58.0 Å². The molecule has 0 aliphatic rings. The van der Waals surface area contributed by atoms with Crippen molar-refractivity contribution in [2.75, 3.05) is 25.6 Å². The summed E-state index contributed by atoms with van der Waals surface area (Å²) in [5, 5.41) is 1.92. The minimum atomic E-state index is -0.757. The van der Waals surface area contributed by atoms with Crippen molar-refractivity contribution in [1.29, 1.82) is 0 Å². The van der Waals surface area contributed by atoms with Gasteiger partial charge in [0.05, 0.1) is 27.4 Å². The molecular weight excluding hydrogens is 417 g/mol. The van der Waals surface area contributed by atoms with E-state index in [0.717, 1.165) is 6.07 Å². The molecule has 134 valence electrons. The van der Waals surface area contributed by atoms with Crippen molar-refractivity contribution < 1.29 is 18.7 Å². The number of rotatable bonds is 6. The first kappa shape index (κ1) is 20.0. The monoisotopic (exact) mass is 426 g/mol. The molecule has 0 aliphatic carbocycles. The third-order valence-electron chi connectivity index (χ3n) is 2.93. The van der Waals surface area contributed by atoms with Crippen molar-refractivity contribution in [3.63, 3.8) is 0 Å². The molecular formula is C15H11Cl4FN2O3. The number of ether oxygens (including phenoxy) is 2. The molecule has 0 bridgehead atoms. The van der Waals surface area contributed by atoms with Gasteiger partial charge in [-0.05, 0) is 12.1 Å². The normalized spacial score (nSPS) is 10.6. The largest absolute Gasteiger partial charge is 0.489 e. The van der Waals surface area contributed by atoms with E-state index in [1.165, 1.54) is 19.2 Å². The van der Waals surface area contributed by atoms with Crippen LogP contribution in [0.25, 0.3) is 0 Å². The van der Waals surface area contributed by atoms with E-state index in [2.05, 4.69) is 10.3 Å². The number of pyridine rings is 1. The molecule has 1 N–H and O–H groups in total. The number of amides is 1. The van der Waals surface area contributed by atoms with Crippen molar-refractivity contribution in [2.24, 2.45) is 0 Å². The van der Waals surface area contributed by atoms with Gasteiger partial charge in [-0.25, -0.2) is 9.37 Å². The second-order valence-electron chi connectivity index (χ2n) is 4.63. The van der Waals surface area contributed by atoms with Crippen LogP contribution in [0.3, 0.4) is 0 Å². The van der Waals surface area contributed by atoms with E-state index in [1.54, 1.807) is 0 Å². The quantitative estimate of drug-likeness (QED) is 0.513. The second-order valence-corrected chi connectivity index (χ2v) is 6.12. The summed E-state index contributed by atoms with van der Waals surface area (Å²) in [7, 11) is 1.51. The minimum Gasteiger partial charge on any atom is -0.489 e. The fraction of sp³-hybridized carbons (Fsp3) is 0.200. The number of carbonyl (C=O) groups is 1. The van der Waals surface area contributed by atoms with Gasteiger partial charge in [-0.1, -0.05) is 46.4 Å². The maximum atomic E-state index is 13.5. The molecule has 1 aromatic heterocycles. The van der Waals surface area contributed by atoms with Crippen LogP contribution in [-0.4, -0.2) is 31.2 Å². The van der Waals surface area contributed by atoms with Gasteiger partial charge in [0.2, 0.25) is 0 Å². The van der Waals surface area contributed by atoms with E-state index in [4.69, 9.17) is 55.9 Å². The maximum Gasteiger partial charge on any atom is 0.276 e. The van der Waals surface area contributed by atoms with Crippen LogP contribution >= 0.6 is 46.4 Å². The first-order valence-electron chi connectivity index (χ1n) is 6.77. The number of anilines is 1. The molecule has 0 unspecified atom stereocenters. The standard InChI is InChI=1S/C15H11Cl4FN2O3/c1-24-4-5-25-9-3-2-7(20)6-8(9)21-15(23)13-11(17)10(16)12(18)14(19)22-13/h2-3,6H,4-5H2,1H3,(H,21,23). The second kappa shape index (κ2) is 8.87. The number of carbonyl (C=O) groups excluding carboxylic acids is 1. The van der Waals surface area contributed by atoms with Crippen molar-refractivity contribution in [3.8, 4) is 5.75 Å². The lowest BCUT2D eigenvalue weighted by molar-refractivity contribution is 0.102. The number of hydrogen-bond acceptors (Lipinski definition) is 4. The average Bonchev–Trinajstić information content (AvgIpc) is 2.58. The predicted molar refractivity (Wildman–Crippen MR) is 96.0 cm³/mol. The first-order chi connectivity index (χ1) is 11.8. The smallest absolute Gasteiger partial charge is 0.276 e. The summed E-state index contributed by atoms with van der Waals surface area (Å²) in [6, 6.07) is 3.66. The zero-order chi connectivity index (χ0) is 18.6. The molecule has 2 aromatic rings. The van der Waals surface area contributed by atoms with Gasteiger partial charge in [0.15, 0.2) is 0 Å². The van der Waals surface area contributed by atoms with Crippen LogP contribution in [0.1, 0.15) is 10.5 Å². The van der Waals surface area contributed by atoms with Gasteiger partial charge in [0.25, 0.3) is 5.91 Å². The number of hydrogen-bond donors (Lipinski definition) is 1. The highest BCUT2D eigenvalue weighted by Crippen LogP contribution is 2.36. The lowest BCUT2D eigenvalue weighted by atomic mass is 10.2. The highest BCUT2D eigenvalue weighted by atomic mass is 35.5. The predicted octanol–water partition coefficient (Wildman–Crippen LogP) is 5.11. The van der Waals surface area contributed by atoms with Crippen LogP contribution in [0.5, 0.6) is 5.75 Å². The Balaban J connectivity index is 2.30. The van der Waals surface area contributed by atoms with Gasteiger partial charge >= 0.3 is 0 Å². The highest BCUT2D eigenvalue weighted by Gasteiger charge is 2.21. The number of nitrogens with zero attached hydrogens (tertiary/aromatic N) is 1. The molecule has 0 spiro atoms. The lowest BCUT2D eigenvalue weighted by Gasteiger charge is -2.13. The third-order valence-corrected chi connectivity index (χ3v) is 4.61. The van der Waals surface area contributed by atoms with Gasteiger partial charge in [-0.3, -0.25) is 4.79 Å². The molecule has 0 aliphatic heterocycles. The Labute approximate surface area is 162 Å². The molecule has 1 heterocycles. The summed E-state index contributed by atoms with van der Waals surface area (Å²) in [5.74, 6) is -1.08. The Morgan fingerprint density at radius 1 is 1.16 bits per heavy atom. The fourth-order valence-electron chi connectivity index (χ4n) is 1.78. The van der Waals surface area contributed by atoms with E-state index >= 15 is 0 Å². The molecule has 10 heteroatoms. The zero-order valence-corrected chi connectivity index (χ0v) is 15.7. The summed E-state index contributed by atoms with van der Waals surface area (Å²) >= 11 is 23.5. The zero-order valence-electron chi connectivity index (χ0n) is 12.7. The Hall–Kier alpha value is -1.31. The SMILES string of the molecule is COCCOc1ccc(F)cc1NC(=O)c1nc(Cl)c(Cl)c(Cl)c1Cl. The molecule has 2 rings (SSSR count). The molecule has 25 heavy (non-hydrogen) atoms. The van der Waals surface area contributed by atoms with Crippen LogP contribution in [-0.2, 0) is 4.74 Å². The van der Waals surface area contributed by atoms with Crippen LogP contribution in [0, 0.1) is 5.82 Å². The van der Waals surface area contributed by atoms with E-state index in [1.807, 2.05) is 0 Å². The van der Waals surface area contributed by atoms with Crippen molar-refractivity contribution in [1.82, 2.24) is 4.98 Å². The Morgan fingerprint density at radius 2 is 1.88 bits per heavy atom. The van der Waals surface area contributed by atoms with Crippen LogP contribution < -0.4 is 10.1 Å². The lowest BCUT2D eigenvalue weighted by Crippen LogP contribution is -2.16. The Kier molecular flexibility index (Phi) is 7.10. The molecule has 1 aromatic carbocycles. The van der Waals surface area contributed by atoms with E-state index in [9.17, 15) is 9.18 Å². The Morgan fingerprint density at radius 3 is 2.56 bits per heavy atom. The first-order valence-corrected chi connectivity index (χ1v) is 8.29. The Bertz CT molecular complexity index is 805. The van der Waals surface area contributed by atoms with Crippen molar-refractivity contribution in [2.45, 2.75) is 0 Å². The van der Waals surface area contributed by atoms with Gasteiger partial charge in [0, 0.05) is 13.2 Å². The van der Waals surface area contributed by atoms with Gasteiger partial charge < -0.3 is 14.8 Å². The third kappa shape index (κ3) is 4.86. The summed E-state index contributed by atoms with van der Waals surface area (Å²) < 4.78 is 23.8. The van der Waals surface area contributed by atoms with Crippen LogP contribution in [0.2, 0.25) is 20.2 Å². The topological polar surface area (TPSA) is 60.5 Å². The highest BCUT2D eigenvalue weighted by molar-refractivity contribution is 6.52. The molecule has 0 fully saturated rings. The number of nitrogens with one attached hydrogen (secondary N) is 1. The van der Waals surface area contributed by atoms with Crippen molar-refractivity contribution in [3.05, 3.63) is 49.9 Å². The molecule has 0 saturated carbocycles. The number of halogens is 5. The summed E-state index contributed by atoms with van der Waals surface area (Å²) in [6.07, 6.45) is 0. The molecule has 0 saturated heterocycles. The summed E-state index contributed by atoms with van der Waals surface area (Å²) in [6.45, 7) is 0.531. The fourth-order valence-corrected chi connectivity index (χ4v) is 2.59. The van der Waals surface area contributed by atoms with Gasteiger partial charge in [0.1, 0.15) is 29.0 Å². The molecule has 0 radical (unpaired) electrons. The van der Waals surface area contributed by atoms with Crippen LogP contribution in [0.15, 0.2) is 18.2 Å². The van der Waals surface area contributed by atoms with Gasteiger partial charge in [-0.15, -0.1) is 0 Å². The van der Waals surface area contributed by atoms with Crippen LogP contribution in [0.4, 0.5) is 10.1 Å². The maximum absolute atomic E-state index is 13.5. The number of benzene rings is 1. The molecule has 1 amide bonds.